The van der Waals surface area contributed by atoms with Crippen LogP contribution in [0.5, 0.6) is 0 Å². The van der Waals surface area contributed by atoms with Gasteiger partial charge in [0.25, 0.3) is 5.56 Å². The molecule has 5 nitrogen and oxygen atoms in total. The molecule has 2 rings (SSSR count). The van der Waals surface area contributed by atoms with E-state index >= 15 is 0 Å². The second kappa shape index (κ2) is 6.01. The van der Waals surface area contributed by atoms with E-state index < -0.39 is 0 Å². The van der Waals surface area contributed by atoms with Gasteiger partial charge in [0.05, 0.1) is 0 Å². The van der Waals surface area contributed by atoms with Crippen molar-refractivity contribution in [2.75, 3.05) is 5.73 Å². The summed E-state index contributed by atoms with van der Waals surface area (Å²) < 4.78 is 0. The third kappa shape index (κ3) is 3.58. The molecule has 0 bridgehead atoms. The van der Waals surface area contributed by atoms with Crippen LogP contribution in [0.3, 0.4) is 0 Å². The van der Waals surface area contributed by atoms with Gasteiger partial charge in [0.2, 0.25) is 0 Å². The molecule has 2 aromatic rings. The molecule has 0 aliphatic heterocycles. The summed E-state index contributed by atoms with van der Waals surface area (Å²) in [6.45, 7) is 2.07. The molecule has 0 unspecified atom stereocenters. The maximum atomic E-state index is 11.5. The molecule has 0 aliphatic carbocycles. The molecule has 0 amide bonds. The summed E-state index contributed by atoms with van der Waals surface area (Å²) in [6.07, 6.45) is 3.55. The van der Waals surface area contributed by atoms with Gasteiger partial charge in [-0.25, -0.2) is 9.97 Å². The van der Waals surface area contributed by atoms with Crippen LogP contribution in [0.2, 0.25) is 0 Å². The van der Waals surface area contributed by atoms with Crippen molar-refractivity contribution in [3.8, 4) is 0 Å². The predicted molar refractivity (Wildman–Crippen MR) is 74.9 cm³/mol. The number of aromatic amines is 1. The van der Waals surface area contributed by atoms with Crippen molar-refractivity contribution in [2.24, 2.45) is 0 Å². The predicted octanol–water partition coefficient (Wildman–Crippen LogP) is 2.05. The molecule has 0 saturated heterocycles. The van der Waals surface area contributed by atoms with Gasteiger partial charge in [0, 0.05) is 28.6 Å². The van der Waals surface area contributed by atoms with Gasteiger partial charge >= 0.3 is 0 Å². The SMILES string of the molecule is CCCc1cc(=O)[nH]c(SCc2cnc(N)s2)n1. The van der Waals surface area contributed by atoms with Crippen LogP contribution in [0.15, 0.2) is 22.2 Å². The van der Waals surface area contributed by atoms with Gasteiger partial charge in [-0.1, -0.05) is 25.1 Å². The first-order chi connectivity index (χ1) is 8.67. The number of nitrogens with one attached hydrogen (secondary N) is 1. The fourth-order valence-corrected chi connectivity index (χ4v) is 3.06. The first-order valence-electron chi connectivity index (χ1n) is 5.60. The van der Waals surface area contributed by atoms with E-state index in [9.17, 15) is 4.79 Å². The highest BCUT2D eigenvalue weighted by Crippen LogP contribution is 2.23. The first-order valence-corrected chi connectivity index (χ1v) is 7.41. The largest absolute Gasteiger partial charge is 0.375 e. The normalized spacial score (nSPS) is 10.7. The zero-order valence-electron chi connectivity index (χ0n) is 9.97. The monoisotopic (exact) mass is 282 g/mol. The van der Waals surface area contributed by atoms with Crippen molar-refractivity contribution in [3.63, 3.8) is 0 Å². The highest BCUT2D eigenvalue weighted by Gasteiger charge is 2.04. The van der Waals surface area contributed by atoms with Gasteiger partial charge in [-0.05, 0) is 6.42 Å². The fourth-order valence-electron chi connectivity index (χ4n) is 1.46. The molecule has 0 spiro atoms. The third-order valence-electron chi connectivity index (χ3n) is 2.20. The molecule has 0 aliphatic rings. The van der Waals surface area contributed by atoms with E-state index in [2.05, 4.69) is 21.9 Å². The van der Waals surface area contributed by atoms with Crippen LogP contribution in [0.25, 0.3) is 0 Å². The van der Waals surface area contributed by atoms with Crippen molar-refractivity contribution < 1.29 is 0 Å². The summed E-state index contributed by atoms with van der Waals surface area (Å²) in [5.41, 5.74) is 6.30. The van der Waals surface area contributed by atoms with Crippen LogP contribution >= 0.6 is 23.1 Å². The molecule has 0 radical (unpaired) electrons. The van der Waals surface area contributed by atoms with Crippen LogP contribution in [0, 0.1) is 0 Å². The number of hydrogen-bond donors (Lipinski definition) is 2. The number of H-pyrrole nitrogens is 1. The van der Waals surface area contributed by atoms with Gasteiger partial charge in [0.1, 0.15) is 0 Å². The summed E-state index contributed by atoms with van der Waals surface area (Å²) in [4.78, 5) is 23.7. The Labute approximate surface area is 113 Å². The Balaban J connectivity index is 2.06. The topological polar surface area (TPSA) is 84.7 Å². The molecule has 18 heavy (non-hydrogen) atoms. The van der Waals surface area contributed by atoms with Gasteiger partial charge < -0.3 is 10.7 Å². The molecule has 0 atom stereocenters. The Hall–Kier alpha value is -1.34. The van der Waals surface area contributed by atoms with Crippen molar-refractivity contribution in [1.82, 2.24) is 15.0 Å². The highest BCUT2D eigenvalue weighted by atomic mass is 32.2. The lowest BCUT2D eigenvalue weighted by Crippen LogP contribution is -2.09. The Morgan fingerprint density at radius 1 is 1.56 bits per heavy atom. The van der Waals surface area contributed by atoms with Crippen LogP contribution in [0.4, 0.5) is 5.13 Å². The van der Waals surface area contributed by atoms with Gasteiger partial charge in [0.15, 0.2) is 10.3 Å². The van der Waals surface area contributed by atoms with Crippen molar-refractivity contribution in [3.05, 3.63) is 33.2 Å². The zero-order valence-corrected chi connectivity index (χ0v) is 11.6. The third-order valence-corrected chi connectivity index (χ3v) is 4.13. The number of aromatic nitrogens is 3. The second-order valence-electron chi connectivity index (χ2n) is 3.75. The number of hydrogen-bond acceptors (Lipinski definition) is 6. The Morgan fingerprint density at radius 2 is 2.39 bits per heavy atom. The standard InChI is InChI=1S/C11H14N4OS2/c1-2-3-7-4-9(16)15-11(14-7)17-6-8-5-13-10(12)18-8/h4-5H,2-3,6H2,1H3,(H2,12,13)(H,14,15,16). The van der Waals surface area contributed by atoms with E-state index in [-0.39, 0.29) is 5.56 Å². The summed E-state index contributed by atoms with van der Waals surface area (Å²) in [7, 11) is 0. The summed E-state index contributed by atoms with van der Waals surface area (Å²) >= 11 is 2.94. The molecule has 96 valence electrons. The number of nitrogen functional groups attached to an aromatic ring is 1. The average molecular weight is 282 g/mol. The van der Waals surface area contributed by atoms with Crippen LogP contribution in [-0.2, 0) is 12.2 Å². The second-order valence-corrected chi connectivity index (χ2v) is 5.86. The number of nitrogens with two attached hydrogens (primary N) is 1. The van der Waals surface area contributed by atoms with Gasteiger partial charge in [-0.15, -0.1) is 11.3 Å². The molecular weight excluding hydrogens is 268 g/mol. The Bertz CT molecular complexity index is 578. The molecular formula is C11H14N4OS2. The minimum absolute atomic E-state index is 0.0974. The zero-order chi connectivity index (χ0) is 13.0. The Kier molecular flexibility index (Phi) is 4.38. The molecule has 2 heterocycles. The van der Waals surface area contributed by atoms with Crippen LogP contribution < -0.4 is 11.3 Å². The molecule has 3 N–H and O–H groups in total. The molecule has 0 aromatic carbocycles. The van der Waals surface area contributed by atoms with Crippen molar-refractivity contribution in [2.45, 2.75) is 30.7 Å². The molecule has 0 fully saturated rings. The summed E-state index contributed by atoms with van der Waals surface area (Å²) in [6, 6.07) is 1.55. The molecule has 7 heteroatoms. The van der Waals surface area contributed by atoms with E-state index in [1.165, 1.54) is 23.1 Å². The number of rotatable bonds is 5. The van der Waals surface area contributed by atoms with Crippen molar-refractivity contribution >= 4 is 28.2 Å². The minimum Gasteiger partial charge on any atom is -0.375 e. The number of thiazole rings is 1. The van der Waals surface area contributed by atoms with Crippen LogP contribution in [-0.4, -0.2) is 15.0 Å². The summed E-state index contributed by atoms with van der Waals surface area (Å²) in [5.74, 6) is 0.716. The number of nitrogens with zero attached hydrogens (tertiary/aromatic N) is 2. The number of anilines is 1. The fraction of sp³-hybridized carbons (Fsp3) is 0.364. The highest BCUT2D eigenvalue weighted by molar-refractivity contribution is 7.98. The van der Waals surface area contributed by atoms with Crippen molar-refractivity contribution in [1.29, 1.82) is 0 Å². The molecule has 0 saturated carbocycles. The first kappa shape index (κ1) is 13.1. The smallest absolute Gasteiger partial charge is 0.251 e. The summed E-state index contributed by atoms with van der Waals surface area (Å²) in [5, 5.41) is 1.21. The minimum atomic E-state index is -0.0974. The van der Waals surface area contributed by atoms with E-state index in [1.54, 1.807) is 12.3 Å². The van der Waals surface area contributed by atoms with Gasteiger partial charge in [-0.3, -0.25) is 4.79 Å². The average Bonchev–Trinajstić information content (AvgIpc) is 2.72. The van der Waals surface area contributed by atoms with E-state index in [4.69, 9.17) is 5.73 Å². The number of thioether (sulfide) groups is 1. The van der Waals surface area contributed by atoms with E-state index in [0.717, 1.165) is 23.4 Å². The quantitative estimate of drug-likeness (QED) is 0.647. The van der Waals surface area contributed by atoms with Gasteiger partial charge in [-0.2, -0.15) is 0 Å². The van der Waals surface area contributed by atoms with E-state index in [0.29, 0.717) is 16.0 Å². The maximum absolute atomic E-state index is 11.5. The lowest BCUT2D eigenvalue weighted by molar-refractivity contribution is 0.816. The maximum Gasteiger partial charge on any atom is 0.251 e. The molecule has 2 aromatic heterocycles. The van der Waals surface area contributed by atoms with Crippen LogP contribution in [0.1, 0.15) is 23.9 Å². The lowest BCUT2D eigenvalue weighted by Gasteiger charge is -2.01. The number of aryl methyl sites for hydroxylation is 1. The van der Waals surface area contributed by atoms with E-state index in [1.807, 2.05) is 0 Å². The Morgan fingerprint density at radius 3 is 3.06 bits per heavy atom. The lowest BCUT2D eigenvalue weighted by atomic mass is 10.2.